The van der Waals surface area contributed by atoms with Gasteiger partial charge in [-0.2, -0.15) is 4.31 Å². The summed E-state index contributed by atoms with van der Waals surface area (Å²) < 4.78 is 51.0. The minimum Gasteiger partial charge on any atom is -0.497 e. The van der Waals surface area contributed by atoms with E-state index < -0.39 is 46.7 Å². The zero-order valence-electron chi connectivity index (χ0n) is 24.6. The van der Waals surface area contributed by atoms with Gasteiger partial charge in [0.25, 0.3) is 0 Å². The molecule has 13 nitrogen and oxygen atoms in total. The van der Waals surface area contributed by atoms with Gasteiger partial charge in [0.1, 0.15) is 11.9 Å². The second kappa shape index (κ2) is 14.1. The van der Waals surface area contributed by atoms with Gasteiger partial charge in [-0.1, -0.05) is 12.1 Å². The summed E-state index contributed by atoms with van der Waals surface area (Å²) in [7, 11) is -2.56. The van der Waals surface area contributed by atoms with E-state index >= 15 is 0 Å². The van der Waals surface area contributed by atoms with Gasteiger partial charge < -0.3 is 40.4 Å². The van der Waals surface area contributed by atoms with Crippen LogP contribution in [0.3, 0.4) is 0 Å². The number of hydrogen-bond acceptors (Lipinski definition) is 10. The van der Waals surface area contributed by atoms with Crippen molar-refractivity contribution >= 4 is 27.7 Å². The average molecular weight is 633 g/mol. The molecule has 3 saturated heterocycles. The summed E-state index contributed by atoms with van der Waals surface area (Å²) >= 11 is 0. The number of carbonyl (C=O) groups is 2. The van der Waals surface area contributed by atoms with Crippen molar-refractivity contribution in [1.29, 1.82) is 0 Å². The number of nitrogen functional groups attached to an aromatic ring is 1. The van der Waals surface area contributed by atoms with Gasteiger partial charge in [0.2, 0.25) is 15.9 Å². The van der Waals surface area contributed by atoms with E-state index in [9.17, 15) is 23.1 Å². The third-order valence-electron chi connectivity index (χ3n) is 8.30. The van der Waals surface area contributed by atoms with Gasteiger partial charge in [0, 0.05) is 43.6 Å². The summed E-state index contributed by atoms with van der Waals surface area (Å²) in [6.45, 7) is 0.512. The first-order chi connectivity index (χ1) is 21.1. The Hall–Kier alpha value is -3.43. The molecule has 3 aliphatic heterocycles. The van der Waals surface area contributed by atoms with Crippen LogP contribution >= 0.6 is 0 Å². The summed E-state index contributed by atoms with van der Waals surface area (Å²) in [5.41, 5.74) is 6.96. The quantitative estimate of drug-likeness (QED) is 0.250. The molecular weight excluding hydrogens is 592 g/mol. The maximum absolute atomic E-state index is 13.8. The average Bonchev–Trinajstić information content (AvgIpc) is 3.66. The van der Waals surface area contributed by atoms with Crippen molar-refractivity contribution in [2.75, 3.05) is 39.1 Å². The minimum atomic E-state index is -4.12. The van der Waals surface area contributed by atoms with Gasteiger partial charge in [-0.25, -0.2) is 13.2 Å². The van der Waals surface area contributed by atoms with Crippen molar-refractivity contribution in [3.63, 3.8) is 0 Å². The Balaban J connectivity index is 1.36. The van der Waals surface area contributed by atoms with E-state index in [0.717, 1.165) is 9.87 Å². The lowest BCUT2D eigenvalue weighted by atomic mass is 9.95. The molecule has 0 aliphatic carbocycles. The van der Waals surface area contributed by atoms with E-state index in [0.29, 0.717) is 43.9 Å². The van der Waals surface area contributed by atoms with Gasteiger partial charge in [-0.15, -0.1) is 0 Å². The number of sulfonamides is 1. The maximum Gasteiger partial charge on any atom is 0.407 e. The maximum atomic E-state index is 13.8. The van der Waals surface area contributed by atoms with Crippen LogP contribution in [-0.4, -0.2) is 93.8 Å². The summed E-state index contributed by atoms with van der Waals surface area (Å²) in [4.78, 5) is 25.1. The number of nitrogens with two attached hydrogens (primary N) is 1. The van der Waals surface area contributed by atoms with E-state index in [1.165, 1.54) is 24.3 Å². The number of fused-ring (bicyclic) bond motifs is 1. The number of rotatable bonds is 12. The lowest BCUT2D eigenvalue weighted by molar-refractivity contribution is -0.179. The zero-order valence-corrected chi connectivity index (χ0v) is 25.4. The van der Waals surface area contributed by atoms with E-state index in [4.69, 9.17) is 24.7 Å². The molecule has 3 aliphatic rings. The highest BCUT2D eigenvalue weighted by molar-refractivity contribution is 7.89. The van der Waals surface area contributed by atoms with Gasteiger partial charge in [-0.05, 0) is 61.2 Å². The van der Waals surface area contributed by atoms with Crippen LogP contribution in [0.5, 0.6) is 5.75 Å². The Bertz CT molecular complexity index is 1390. The van der Waals surface area contributed by atoms with Gasteiger partial charge in [0.05, 0.1) is 37.4 Å². The number of methoxy groups -OCH3 is 1. The number of anilines is 1. The number of hydrogen-bond donors (Lipinski definition) is 4. The Labute approximate surface area is 257 Å². The van der Waals surface area contributed by atoms with Crippen molar-refractivity contribution in [3.05, 3.63) is 54.1 Å². The normalized spacial score (nSPS) is 24.8. The lowest BCUT2D eigenvalue weighted by Crippen LogP contribution is -2.53. The number of carbonyl (C=O) groups excluding carboxylic acids is 2. The highest BCUT2D eigenvalue weighted by atomic mass is 32.2. The molecule has 2 amide bonds. The van der Waals surface area contributed by atoms with E-state index in [2.05, 4.69) is 10.6 Å². The molecule has 6 unspecified atom stereocenters. The van der Waals surface area contributed by atoms with Gasteiger partial charge in [-0.3, -0.25) is 4.79 Å². The number of aliphatic hydroxyl groups is 1. The fourth-order valence-corrected chi connectivity index (χ4v) is 7.35. The smallest absolute Gasteiger partial charge is 0.407 e. The van der Waals surface area contributed by atoms with Gasteiger partial charge >= 0.3 is 6.09 Å². The number of nitrogens with zero attached hydrogens (tertiary/aromatic N) is 1. The summed E-state index contributed by atoms with van der Waals surface area (Å²) in [6.07, 6.45) is -0.748. The molecule has 2 aromatic carbocycles. The number of aliphatic hydroxyl groups excluding tert-OH is 1. The first-order valence-electron chi connectivity index (χ1n) is 14.8. The molecule has 5 rings (SSSR count). The van der Waals surface area contributed by atoms with Crippen molar-refractivity contribution in [3.8, 4) is 5.75 Å². The highest BCUT2D eigenvalue weighted by Gasteiger charge is 2.41. The summed E-state index contributed by atoms with van der Waals surface area (Å²) in [6, 6.07) is 11.6. The molecule has 2 aromatic rings. The van der Waals surface area contributed by atoms with Crippen LogP contribution in [0.25, 0.3) is 0 Å². The predicted molar refractivity (Wildman–Crippen MR) is 159 cm³/mol. The van der Waals surface area contributed by atoms with Crippen LogP contribution in [0, 0.1) is 5.92 Å². The standard InChI is InChI=1S/C30H40N4O9S/c1-40-22-7-2-19(3-8-22)16-25(33-30(37)43-27-13-15-42-29-24(27)12-14-41-29)26(35)18-34(17-21-6-11-28(36)32-21)44(38,39)23-9-4-20(31)5-10-23/h2-5,7-10,21,24-27,29,35H,6,11-18,31H2,1H3,(H,32,36)(H,33,37). The first-order valence-corrected chi connectivity index (χ1v) is 16.2. The van der Waals surface area contributed by atoms with Crippen LogP contribution in [0.1, 0.15) is 31.2 Å². The monoisotopic (exact) mass is 632 g/mol. The molecule has 14 heteroatoms. The van der Waals surface area contributed by atoms with Crippen LogP contribution in [0.2, 0.25) is 0 Å². The highest BCUT2D eigenvalue weighted by Crippen LogP contribution is 2.32. The molecule has 6 atom stereocenters. The Morgan fingerprint density at radius 1 is 1.11 bits per heavy atom. The van der Waals surface area contributed by atoms with Crippen molar-refractivity contribution in [2.24, 2.45) is 5.92 Å². The third-order valence-corrected chi connectivity index (χ3v) is 10.1. The van der Waals surface area contributed by atoms with Crippen molar-refractivity contribution in [2.45, 2.75) is 67.6 Å². The molecule has 0 aromatic heterocycles. The Morgan fingerprint density at radius 2 is 1.82 bits per heavy atom. The largest absolute Gasteiger partial charge is 0.497 e. The van der Waals surface area contributed by atoms with E-state index in [1.807, 2.05) is 0 Å². The fraction of sp³-hybridized carbons (Fsp3) is 0.533. The Kier molecular flexibility index (Phi) is 10.3. The Morgan fingerprint density at radius 3 is 2.48 bits per heavy atom. The molecule has 44 heavy (non-hydrogen) atoms. The second-order valence-electron chi connectivity index (χ2n) is 11.4. The number of benzene rings is 2. The van der Waals surface area contributed by atoms with Gasteiger partial charge in [0.15, 0.2) is 6.29 Å². The molecule has 3 fully saturated rings. The van der Waals surface area contributed by atoms with Crippen molar-refractivity contribution in [1.82, 2.24) is 14.9 Å². The lowest BCUT2D eigenvalue weighted by Gasteiger charge is -2.34. The SMILES string of the molecule is COc1ccc(CC(NC(=O)OC2CCOC3OCCC23)C(O)CN(CC2CCC(=O)N2)S(=O)(=O)c2ccc(N)cc2)cc1. The zero-order chi connectivity index (χ0) is 31.3. The predicted octanol–water partition coefficient (Wildman–Crippen LogP) is 1.40. The third kappa shape index (κ3) is 7.80. The molecular formula is C30H40N4O9S. The molecule has 0 saturated carbocycles. The van der Waals surface area contributed by atoms with Crippen LogP contribution in [0.15, 0.2) is 53.4 Å². The van der Waals surface area contributed by atoms with Crippen LogP contribution in [-0.2, 0) is 35.4 Å². The first kappa shape index (κ1) is 32.0. The van der Waals surface area contributed by atoms with Crippen molar-refractivity contribution < 1.29 is 42.1 Å². The van der Waals surface area contributed by atoms with E-state index in [1.54, 1.807) is 31.4 Å². The molecule has 240 valence electrons. The topological polar surface area (TPSA) is 179 Å². The summed E-state index contributed by atoms with van der Waals surface area (Å²) in [5, 5.41) is 17.2. The molecule has 0 bridgehead atoms. The minimum absolute atomic E-state index is 0.00449. The molecule has 0 radical (unpaired) electrons. The number of ether oxygens (including phenoxy) is 4. The molecule has 3 heterocycles. The second-order valence-corrected chi connectivity index (χ2v) is 13.3. The van der Waals surface area contributed by atoms with Crippen LogP contribution in [0.4, 0.5) is 10.5 Å². The molecule has 5 N–H and O–H groups in total. The molecule has 0 spiro atoms. The fourth-order valence-electron chi connectivity index (χ4n) is 5.85. The number of nitrogens with one attached hydrogen (secondary N) is 2. The van der Waals surface area contributed by atoms with E-state index in [-0.39, 0.29) is 42.7 Å². The van der Waals surface area contributed by atoms with Crippen LogP contribution < -0.4 is 21.1 Å². The summed E-state index contributed by atoms with van der Waals surface area (Å²) in [5.74, 6) is 0.400. The number of alkyl carbamates (subject to hydrolysis) is 1. The number of amides is 2.